The van der Waals surface area contributed by atoms with Crippen LogP contribution >= 0.6 is 15.9 Å². The molecule has 3 nitrogen and oxygen atoms in total. The summed E-state index contributed by atoms with van der Waals surface area (Å²) in [6.45, 7) is 4.97. The van der Waals surface area contributed by atoms with E-state index < -0.39 is 0 Å². The van der Waals surface area contributed by atoms with Crippen LogP contribution in [0.4, 0.5) is 5.69 Å². The van der Waals surface area contributed by atoms with E-state index in [4.69, 9.17) is 0 Å². The Labute approximate surface area is 115 Å². The van der Waals surface area contributed by atoms with E-state index in [1.54, 1.807) is 6.20 Å². The summed E-state index contributed by atoms with van der Waals surface area (Å²) in [5.41, 5.74) is 3.50. The number of benzene rings is 1. The molecule has 0 spiro atoms. The average Bonchev–Trinajstić information content (AvgIpc) is 2.39. The van der Waals surface area contributed by atoms with Gasteiger partial charge in [-0.15, -0.1) is 0 Å². The highest BCUT2D eigenvalue weighted by molar-refractivity contribution is 9.10. The first-order valence-electron chi connectivity index (χ1n) is 5.90. The van der Waals surface area contributed by atoms with Crippen molar-refractivity contribution >= 4 is 32.5 Å². The molecule has 1 aromatic heterocycles. The average molecular weight is 304 g/mol. The molecular formula is C14H14BrN3. The number of nitrogens with one attached hydrogen (secondary N) is 1. The molecule has 92 valence electrons. The molecule has 1 heterocycles. The lowest BCUT2D eigenvalue weighted by atomic mass is 10.1. The number of hydrogen-bond acceptors (Lipinski definition) is 3. The van der Waals surface area contributed by atoms with Crippen LogP contribution in [0.25, 0.3) is 10.9 Å². The summed E-state index contributed by atoms with van der Waals surface area (Å²) in [6.07, 6.45) is 2.65. The lowest BCUT2D eigenvalue weighted by molar-refractivity contribution is 0.980. The Hall–Kier alpha value is -1.60. The van der Waals surface area contributed by atoms with Gasteiger partial charge >= 0.3 is 0 Å². The molecule has 0 saturated heterocycles. The summed E-state index contributed by atoms with van der Waals surface area (Å²) in [7, 11) is 0. The molecule has 0 aliphatic carbocycles. The van der Waals surface area contributed by atoms with Crippen molar-refractivity contribution in [3.05, 3.63) is 33.9 Å². The third kappa shape index (κ3) is 2.19. The fourth-order valence-electron chi connectivity index (χ4n) is 1.92. The lowest BCUT2D eigenvalue weighted by Crippen LogP contribution is -2.04. The van der Waals surface area contributed by atoms with Gasteiger partial charge in [-0.3, -0.25) is 4.98 Å². The molecule has 18 heavy (non-hydrogen) atoms. The van der Waals surface area contributed by atoms with Crippen molar-refractivity contribution in [1.82, 2.24) is 4.98 Å². The molecule has 2 aromatic rings. The van der Waals surface area contributed by atoms with Crippen molar-refractivity contribution in [3.8, 4) is 6.07 Å². The van der Waals surface area contributed by atoms with Crippen molar-refractivity contribution in [2.45, 2.75) is 20.3 Å². The number of aryl methyl sites for hydroxylation is 1. The first kappa shape index (κ1) is 12.8. The van der Waals surface area contributed by atoms with Crippen LogP contribution in [0.2, 0.25) is 0 Å². The molecule has 1 aromatic carbocycles. The molecule has 0 aliphatic rings. The molecule has 2 rings (SSSR count). The van der Waals surface area contributed by atoms with E-state index in [2.05, 4.69) is 39.2 Å². The van der Waals surface area contributed by atoms with E-state index >= 15 is 0 Å². The van der Waals surface area contributed by atoms with Crippen LogP contribution in [-0.4, -0.2) is 11.5 Å². The summed E-state index contributed by atoms with van der Waals surface area (Å²) in [6, 6.07) is 6.22. The topological polar surface area (TPSA) is 48.7 Å². The maximum absolute atomic E-state index is 9.19. The maximum Gasteiger partial charge on any atom is 0.103 e. The highest BCUT2D eigenvalue weighted by atomic mass is 79.9. The van der Waals surface area contributed by atoms with Crippen molar-refractivity contribution < 1.29 is 0 Å². The number of rotatable bonds is 3. The van der Waals surface area contributed by atoms with Crippen LogP contribution in [0.5, 0.6) is 0 Å². The zero-order valence-electron chi connectivity index (χ0n) is 10.4. The molecular weight excluding hydrogens is 290 g/mol. The van der Waals surface area contributed by atoms with Gasteiger partial charge in [-0.05, 0) is 25.0 Å². The van der Waals surface area contributed by atoms with Gasteiger partial charge in [-0.1, -0.05) is 28.9 Å². The van der Waals surface area contributed by atoms with E-state index in [1.165, 1.54) is 0 Å². The van der Waals surface area contributed by atoms with Crippen molar-refractivity contribution in [3.63, 3.8) is 0 Å². The minimum atomic E-state index is 0.585. The Balaban J connectivity index is 2.76. The third-order valence-electron chi connectivity index (χ3n) is 2.84. The van der Waals surface area contributed by atoms with Gasteiger partial charge in [0, 0.05) is 22.6 Å². The highest BCUT2D eigenvalue weighted by Crippen LogP contribution is 2.33. The Morgan fingerprint density at radius 2 is 2.22 bits per heavy atom. The molecule has 0 radical (unpaired) electrons. The second kappa shape index (κ2) is 5.36. The summed E-state index contributed by atoms with van der Waals surface area (Å²) in [5.74, 6) is 0. The number of anilines is 1. The number of nitriles is 1. The zero-order valence-corrected chi connectivity index (χ0v) is 12.0. The van der Waals surface area contributed by atoms with Crippen molar-refractivity contribution in [2.24, 2.45) is 0 Å². The van der Waals surface area contributed by atoms with Gasteiger partial charge in [-0.2, -0.15) is 5.26 Å². The maximum atomic E-state index is 9.19. The third-order valence-corrected chi connectivity index (χ3v) is 3.50. The number of pyridine rings is 1. The molecule has 0 saturated carbocycles. The number of halogens is 1. The molecule has 0 atom stereocenters. The molecule has 0 aliphatic heterocycles. The first-order valence-corrected chi connectivity index (χ1v) is 6.70. The minimum Gasteiger partial charge on any atom is -0.383 e. The lowest BCUT2D eigenvalue weighted by Gasteiger charge is -2.13. The van der Waals surface area contributed by atoms with Crippen molar-refractivity contribution in [1.29, 1.82) is 5.26 Å². The molecule has 4 heteroatoms. The predicted octanol–water partition coefficient (Wildman–Crippen LogP) is 4.00. The summed E-state index contributed by atoms with van der Waals surface area (Å²) >= 11 is 3.55. The Morgan fingerprint density at radius 3 is 2.89 bits per heavy atom. The van der Waals surface area contributed by atoms with Gasteiger partial charge in [0.05, 0.1) is 16.8 Å². The number of hydrogen-bond donors (Lipinski definition) is 1. The summed E-state index contributed by atoms with van der Waals surface area (Å²) in [5, 5.41) is 13.5. The number of nitrogens with zero attached hydrogens (tertiary/aromatic N) is 2. The molecule has 0 fully saturated rings. The standard InChI is InChI=1S/C14H14BrN3/c1-3-6-17-14-10(7-16)8-18-13-9(2)4-5-11(15)12(13)14/h4-5,8H,3,6H2,1-2H3,(H,17,18). The first-order chi connectivity index (χ1) is 8.69. The van der Waals surface area contributed by atoms with E-state index in [9.17, 15) is 5.26 Å². The van der Waals surface area contributed by atoms with Crippen LogP contribution in [0.1, 0.15) is 24.5 Å². The summed E-state index contributed by atoms with van der Waals surface area (Å²) in [4.78, 5) is 4.39. The summed E-state index contributed by atoms with van der Waals surface area (Å²) < 4.78 is 0.964. The number of fused-ring (bicyclic) bond motifs is 1. The van der Waals surface area contributed by atoms with Crippen LogP contribution in [0, 0.1) is 18.3 Å². The highest BCUT2D eigenvalue weighted by Gasteiger charge is 2.12. The van der Waals surface area contributed by atoms with Crippen LogP contribution in [-0.2, 0) is 0 Å². The molecule has 1 N–H and O–H groups in total. The van der Waals surface area contributed by atoms with Crippen LogP contribution < -0.4 is 5.32 Å². The second-order valence-corrected chi connectivity index (χ2v) is 5.03. The van der Waals surface area contributed by atoms with Gasteiger partial charge < -0.3 is 5.32 Å². The Kier molecular flexibility index (Phi) is 3.83. The van der Waals surface area contributed by atoms with E-state index in [0.717, 1.165) is 39.6 Å². The second-order valence-electron chi connectivity index (χ2n) is 4.17. The van der Waals surface area contributed by atoms with Gasteiger partial charge in [0.1, 0.15) is 6.07 Å². The Bertz CT molecular complexity index is 629. The SMILES string of the molecule is CCCNc1c(C#N)cnc2c(C)ccc(Br)c12. The van der Waals surface area contributed by atoms with E-state index in [0.29, 0.717) is 5.56 Å². The fourth-order valence-corrected chi connectivity index (χ4v) is 2.44. The zero-order chi connectivity index (χ0) is 13.1. The van der Waals surface area contributed by atoms with Gasteiger partial charge in [0.2, 0.25) is 0 Å². The smallest absolute Gasteiger partial charge is 0.103 e. The molecule has 0 amide bonds. The van der Waals surface area contributed by atoms with Gasteiger partial charge in [0.15, 0.2) is 0 Å². The minimum absolute atomic E-state index is 0.585. The van der Waals surface area contributed by atoms with Gasteiger partial charge in [-0.25, -0.2) is 0 Å². The quantitative estimate of drug-likeness (QED) is 0.932. The predicted molar refractivity (Wildman–Crippen MR) is 77.7 cm³/mol. The van der Waals surface area contributed by atoms with E-state index in [-0.39, 0.29) is 0 Å². The van der Waals surface area contributed by atoms with Crippen molar-refractivity contribution in [2.75, 3.05) is 11.9 Å². The Morgan fingerprint density at radius 1 is 1.44 bits per heavy atom. The molecule has 0 unspecified atom stereocenters. The van der Waals surface area contributed by atoms with Crippen LogP contribution in [0.15, 0.2) is 22.8 Å². The largest absolute Gasteiger partial charge is 0.383 e. The normalized spacial score (nSPS) is 10.3. The number of aromatic nitrogens is 1. The van der Waals surface area contributed by atoms with Gasteiger partial charge in [0.25, 0.3) is 0 Å². The molecule has 0 bridgehead atoms. The monoisotopic (exact) mass is 303 g/mol. The fraction of sp³-hybridized carbons (Fsp3) is 0.286. The van der Waals surface area contributed by atoms with E-state index in [1.807, 2.05) is 19.1 Å². The van der Waals surface area contributed by atoms with Crippen LogP contribution in [0.3, 0.4) is 0 Å².